The number of aliphatic hydroxyl groups is 1. The molecule has 2 heterocycles. The van der Waals surface area contributed by atoms with Gasteiger partial charge >= 0.3 is 0 Å². The number of nitrogens with zero attached hydrogens (tertiary/aromatic N) is 5. The smallest absolute Gasteiger partial charge is 0.153 e. The molecule has 0 radical (unpaired) electrons. The number of thioether (sulfide) groups is 1. The largest absolute Gasteiger partial charge is 0.390 e. The molecule has 0 atom stereocenters. The molecule has 1 saturated carbocycles. The van der Waals surface area contributed by atoms with Gasteiger partial charge in [-0.15, -0.1) is 11.8 Å². The SMILES string of the molecule is CC/C(C)=C(/C(=C(\N=C(/C)N(C)c1c(F)cc(SC)cc1F)Nc1cc(C)[nH]n1)C1CC1)c1cc(CO)n(C)n1. The molecule has 3 N–H and O–H groups in total. The van der Waals surface area contributed by atoms with Gasteiger partial charge in [0.1, 0.15) is 17.3 Å². The summed E-state index contributed by atoms with van der Waals surface area (Å²) in [7, 11) is 3.41. The van der Waals surface area contributed by atoms with Crippen LogP contribution < -0.4 is 10.2 Å². The van der Waals surface area contributed by atoms with Crippen molar-refractivity contribution in [1.29, 1.82) is 0 Å². The molecule has 0 bridgehead atoms. The Balaban J connectivity index is 1.92. The highest BCUT2D eigenvalue weighted by Crippen LogP contribution is 2.46. The van der Waals surface area contributed by atoms with E-state index in [1.807, 2.05) is 26.1 Å². The maximum absolute atomic E-state index is 15.0. The highest BCUT2D eigenvalue weighted by atomic mass is 32.2. The summed E-state index contributed by atoms with van der Waals surface area (Å²) in [5.74, 6) is 0.425. The lowest BCUT2D eigenvalue weighted by molar-refractivity contribution is 0.270. The minimum Gasteiger partial charge on any atom is -0.390 e. The molecule has 1 fully saturated rings. The van der Waals surface area contributed by atoms with Crippen LogP contribution in [0.3, 0.4) is 0 Å². The van der Waals surface area contributed by atoms with E-state index >= 15 is 8.78 Å². The van der Waals surface area contributed by atoms with E-state index in [0.29, 0.717) is 28.1 Å². The number of anilines is 2. The van der Waals surface area contributed by atoms with E-state index in [1.165, 1.54) is 28.8 Å². The quantitative estimate of drug-likeness (QED) is 0.113. The first-order valence-corrected chi connectivity index (χ1v) is 14.5. The zero-order valence-electron chi connectivity index (χ0n) is 24.1. The van der Waals surface area contributed by atoms with Crippen LogP contribution in [0.15, 0.2) is 51.1 Å². The number of aryl methyl sites for hydroxylation is 2. The number of H-pyrrole nitrogens is 1. The number of aliphatic hydroxyl groups excluding tert-OH is 1. The number of aliphatic imine (C=N–C) groups is 1. The van der Waals surface area contributed by atoms with Gasteiger partial charge in [-0.3, -0.25) is 9.78 Å². The van der Waals surface area contributed by atoms with E-state index in [2.05, 4.69) is 29.4 Å². The maximum atomic E-state index is 15.0. The summed E-state index contributed by atoms with van der Waals surface area (Å²) in [5, 5.41) is 25.3. The fourth-order valence-electron chi connectivity index (χ4n) is 4.57. The predicted octanol–water partition coefficient (Wildman–Crippen LogP) is 6.42. The van der Waals surface area contributed by atoms with Crippen LogP contribution in [0.25, 0.3) is 5.57 Å². The van der Waals surface area contributed by atoms with Crippen molar-refractivity contribution in [3.63, 3.8) is 0 Å². The molecule has 0 unspecified atom stereocenters. The Morgan fingerprint density at radius 3 is 2.40 bits per heavy atom. The second-order valence-electron chi connectivity index (χ2n) is 10.1. The summed E-state index contributed by atoms with van der Waals surface area (Å²) in [4.78, 5) is 6.90. The number of allylic oxidation sites excluding steroid dienone is 3. The normalized spacial score (nSPS) is 15.2. The Morgan fingerprint density at radius 1 is 1.23 bits per heavy atom. The summed E-state index contributed by atoms with van der Waals surface area (Å²) in [5.41, 5.74) is 5.19. The van der Waals surface area contributed by atoms with Gasteiger partial charge in [0.15, 0.2) is 17.5 Å². The van der Waals surface area contributed by atoms with Crippen LogP contribution in [0.5, 0.6) is 0 Å². The summed E-state index contributed by atoms with van der Waals surface area (Å²) >= 11 is 1.28. The maximum Gasteiger partial charge on any atom is 0.153 e. The molecule has 0 aliphatic heterocycles. The highest BCUT2D eigenvalue weighted by Gasteiger charge is 2.34. The van der Waals surface area contributed by atoms with E-state index < -0.39 is 11.6 Å². The fourth-order valence-corrected chi connectivity index (χ4v) is 5.01. The molecular weight excluding hydrogens is 532 g/mol. The molecule has 11 heteroatoms. The fraction of sp³-hybridized carbons (Fsp3) is 0.414. The number of amidine groups is 1. The minimum absolute atomic E-state index is 0.128. The molecule has 2 aromatic heterocycles. The molecule has 4 rings (SSSR count). The van der Waals surface area contributed by atoms with Crippen LogP contribution in [-0.4, -0.2) is 44.2 Å². The standard InChI is InChI=1S/C29H37F2N7OS/c1-8-16(2)26(24-12-20(15-39)38(6)36-24)27(19-9-10-19)29(33-25-11-17(3)34-35-25)32-18(4)37(5)28-22(30)13-21(40-7)14-23(28)31/h11-14,19,39H,8-10,15H2,1-7H3,(H2,33,34,35)/b26-16+,29-27+,32-18+. The number of rotatable bonds is 10. The van der Waals surface area contributed by atoms with Gasteiger partial charge in [-0.1, -0.05) is 12.5 Å². The Bertz CT molecular complexity index is 1460. The van der Waals surface area contributed by atoms with Crippen molar-refractivity contribution >= 4 is 34.7 Å². The molecule has 3 aromatic rings. The average Bonchev–Trinajstić information content (AvgIpc) is 3.57. The summed E-state index contributed by atoms with van der Waals surface area (Å²) in [6, 6.07) is 6.43. The third-order valence-corrected chi connectivity index (χ3v) is 7.84. The number of benzene rings is 1. The monoisotopic (exact) mass is 569 g/mol. The third kappa shape index (κ3) is 6.31. The summed E-state index contributed by atoms with van der Waals surface area (Å²) in [6.07, 6.45) is 4.51. The number of hydrogen-bond acceptors (Lipinski definition) is 6. The van der Waals surface area contributed by atoms with Crippen LogP contribution >= 0.6 is 11.8 Å². The van der Waals surface area contributed by atoms with Gasteiger partial charge in [0.25, 0.3) is 0 Å². The second-order valence-corrected chi connectivity index (χ2v) is 10.9. The van der Waals surface area contributed by atoms with E-state index in [9.17, 15) is 5.11 Å². The van der Waals surface area contributed by atoms with Crippen molar-refractivity contribution in [3.05, 3.63) is 69.9 Å². The van der Waals surface area contributed by atoms with Crippen molar-refractivity contribution < 1.29 is 13.9 Å². The van der Waals surface area contributed by atoms with E-state index in [4.69, 9.17) is 10.1 Å². The summed E-state index contributed by atoms with van der Waals surface area (Å²) in [6.45, 7) is 7.67. The lowest BCUT2D eigenvalue weighted by Crippen LogP contribution is -2.26. The first-order chi connectivity index (χ1) is 19.1. The van der Waals surface area contributed by atoms with Crippen LogP contribution in [0.2, 0.25) is 0 Å². The predicted molar refractivity (Wildman–Crippen MR) is 158 cm³/mol. The van der Waals surface area contributed by atoms with Crippen molar-refractivity contribution in [2.75, 3.05) is 23.5 Å². The molecule has 214 valence electrons. The zero-order chi connectivity index (χ0) is 29.1. The third-order valence-electron chi connectivity index (χ3n) is 7.13. The lowest BCUT2D eigenvalue weighted by atomic mass is 9.92. The van der Waals surface area contributed by atoms with Crippen LogP contribution in [0.1, 0.15) is 57.1 Å². The van der Waals surface area contributed by atoms with Gasteiger partial charge in [-0.05, 0) is 70.4 Å². The lowest BCUT2D eigenvalue weighted by Gasteiger charge is -2.23. The van der Waals surface area contributed by atoms with Crippen molar-refractivity contribution in [2.45, 2.75) is 58.5 Å². The Morgan fingerprint density at radius 2 is 1.90 bits per heavy atom. The molecular formula is C29H37F2N7OS. The molecule has 1 aliphatic carbocycles. The second kappa shape index (κ2) is 12.4. The summed E-state index contributed by atoms with van der Waals surface area (Å²) < 4.78 is 31.8. The number of hydrogen-bond donors (Lipinski definition) is 3. The Kier molecular flexibility index (Phi) is 9.15. The minimum atomic E-state index is -0.655. The van der Waals surface area contributed by atoms with Crippen LogP contribution in [-0.2, 0) is 13.7 Å². The zero-order valence-corrected chi connectivity index (χ0v) is 24.9. The molecule has 0 spiro atoms. The number of aromatic amines is 1. The topological polar surface area (TPSA) is 94.4 Å². The number of halogens is 2. The number of nitrogens with one attached hydrogen (secondary N) is 2. The van der Waals surface area contributed by atoms with Crippen LogP contribution in [0.4, 0.5) is 20.3 Å². The van der Waals surface area contributed by atoms with Gasteiger partial charge in [0, 0.05) is 41.9 Å². The van der Waals surface area contributed by atoms with E-state index in [1.54, 1.807) is 24.9 Å². The van der Waals surface area contributed by atoms with Gasteiger partial charge in [0.05, 0.1) is 18.0 Å². The molecule has 0 amide bonds. The van der Waals surface area contributed by atoms with Gasteiger partial charge in [-0.2, -0.15) is 10.2 Å². The van der Waals surface area contributed by atoms with Crippen molar-refractivity contribution in [1.82, 2.24) is 20.0 Å². The number of aromatic nitrogens is 4. The Labute approximate surface area is 238 Å². The highest BCUT2D eigenvalue weighted by molar-refractivity contribution is 7.98. The molecule has 0 saturated heterocycles. The van der Waals surface area contributed by atoms with Gasteiger partial charge in [0.2, 0.25) is 0 Å². The molecule has 8 nitrogen and oxygen atoms in total. The molecule has 1 aromatic carbocycles. The van der Waals surface area contributed by atoms with Gasteiger partial charge in [-0.25, -0.2) is 13.8 Å². The van der Waals surface area contributed by atoms with E-state index in [-0.39, 0.29) is 18.2 Å². The van der Waals surface area contributed by atoms with E-state index in [0.717, 1.165) is 47.4 Å². The van der Waals surface area contributed by atoms with Gasteiger partial charge < -0.3 is 15.3 Å². The average molecular weight is 570 g/mol. The Hall–Kier alpha value is -3.44. The molecule has 1 aliphatic rings. The van der Waals surface area contributed by atoms with Crippen molar-refractivity contribution in [2.24, 2.45) is 18.0 Å². The first kappa shape index (κ1) is 29.5. The molecule has 40 heavy (non-hydrogen) atoms. The van der Waals surface area contributed by atoms with Crippen molar-refractivity contribution in [3.8, 4) is 0 Å². The first-order valence-electron chi connectivity index (χ1n) is 13.3. The van der Waals surface area contributed by atoms with Crippen LogP contribution in [0, 0.1) is 24.5 Å².